The van der Waals surface area contributed by atoms with E-state index in [-0.39, 0.29) is 24.5 Å². The average Bonchev–Trinajstić information content (AvgIpc) is 2.79. The Morgan fingerprint density at radius 2 is 1.68 bits per heavy atom. The third kappa shape index (κ3) is 4.95. The zero-order valence-electron chi connectivity index (χ0n) is 17.5. The van der Waals surface area contributed by atoms with Crippen LogP contribution in [0, 0.1) is 5.92 Å². The standard InChI is InChI=1S/C24H25N3O4/c1-16(2)22(23(29)26-31)27-15-21(25-20(24(27)30)9-6-14-28)19-12-10-18(11-13-19)17-7-4-3-5-8-17/h3-5,7-8,10-16,22,31H,6,9H2,1-2H3,(H,26,29). The van der Waals surface area contributed by atoms with Gasteiger partial charge in [-0.3, -0.25) is 19.4 Å². The van der Waals surface area contributed by atoms with Gasteiger partial charge in [-0.05, 0) is 17.0 Å². The van der Waals surface area contributed by atoms with Crippen LogP contribution in [-0.4, -0.2) is 27.0 Å². The molecule has 3 rings (SSSR count). The van der Waals surface area contributed by atoms with E-state index in [1.807, 2.05) is 54.6 Å². The molecule has 31 heavy (non-hydrogen) atoms. The molecule has 1 atom stereocenters. The van der Waals surface area contributed by atoms with E-state index >= 15 is 0 Å². The van der Waals surface area contributed by atoms with Crippen molar-refractivity contribution in [3.05, 3.63) is 76.8 Å². The molecule has 0 aliphatic carbocycles. The molecule has 2 aromatic carbocycles. The Kier molecular flexibility index (Phi) is 7.10. The van der Waals surface area contributed by atoms with E-state index in [0.29, 0.717) is 5.69 Å². The Hall–Kier alpha value is -3.58. The fourth-order valence-electron chi connectivity index (χ4n) is 3.55. The highest BCUT2D eigenvalue weighted by Gasteiger charge is 2.26. The SMILES string of the molecule is CC(C)C(C(=O)NO)n1cc(-c2ccc(-c3ccccc3)cc2)nc(CCC=O)c1=O. The largest absolute Gasteiger partial charge is 0.303 e. The number of aromatic nitrogens is 2. The van der Waals surface area contributed by atoms with Gasteiger partial charge in [-0.15, -0.1) is 0 Å². The zero-order chi connectivity index (χ0) is 22.4. The van der Waals surface area contributed by atoms with E-state index in [1.54, 1.807) is 19.3 Å². The van der Waals surface area contributed by atoms with Gasteiger partial charge in [0, 0.05) is 24.6 Å². The molecule has 7 heteroatoms. The predicted molar refractivity (Wildman–Crippen MR) is 118 cm³/mol. The molecule has 2 N–H and O–H groups in total. The fourth-order valence-corrected chi connectivity index (χ4v) is 3.55. The summed E-state index contributed by atoms with van der Waals surface area (Å²) in [7, 11) is 0. The van der Waals surface area contributed by atoms with E-state index in [1.165, 1.54) is 10.8 Å². The topological polar surface area (TPSA) is 101 Å². The first-order valence-corrected chi connectivity index (χ1v) is 10.1. The number of nitrogens with one attached hydrogen (secondary N) is 1. The molecule has 7 nitrogen and oxygen atoms in total. The predicted octanol–water partition coefficient (Wildman–Crippen LogP) is 3.41. The van der Waals surface area contributed by atoms with Gasteiger partial charge < -0.3 is 4.79 Å². The molecule has 0 saturated heterocycles. The lowest BCUT2D eigenvalue weighted by molar-refractivity contribution is -0.134. The first-order valence-electron chi connectivity index (χ1n) is 10.1. The molecule has 0 bridgehead atoms. The maximum absolute atomic E-state index is 13.0. The van der Waals surface area contributed by atoms with Gasteiger partial charge in [0.15, 0.2) is 0 Å². The second-order valence-electron chi connectivity index (χ2n) is 7.60. The normalized spacial score (nSPS) is 11.9. The number of hydroxylamine groups is 1. The minimum atomic E-state index is -0.919. The van der Waals surface area contributed by atoms with Crippen LogP contribution in [0.4, 0.5) is 0 Å². The van der Waals surface area contributed by atoms with Crippen molar-refractivity contribution in [2.45, 2.75) is 32.7 Å². The third-order valence-corrected chi connectivity index (χ3v) is 5.09. The summed E-state index contributed by atoms with van der Waals surface area (Å²) in [5.41, 5.74) is 4.80. The zero-order valence-corrected chi connectivity index (χ0v) is 17.5. The minimum absolute atomic E-state index is 0.150. The van der Waals surface area contributed by atoms with Crippen molar-refractivity contribution in [1.29, 1.82) is 0 Å². The monoisotopic (exact) mass is 419 g/mol. The average molecular weight is 419 g/mol. The van der Waals surface area contributed by atoms with Crippen molar-refractivity contribution in [2.75, 3.05) is 0 Å². The van der Waals surface area contributed by atoms with Crippen molar-refractivity contribution in [3.8, 4) is 22.4 Å². The van der Waals surface area contributed by atoms with Crippen LogP contribution >= 0.6 is 0 Å². The van der Waals surface area contributed by atoms with Crippen LogP contribution < -0.4 is 11.0 Å². The van der Waals surface area contributed by atoms with Crippen molar-refractivity contribution in [2.24, 2.45) is 5.92 Å². The number of aldehydes is 1. The van der Waals surface area contributed by atoms with Crippen molar-refractivity contribution in [3.63, 3.8) is 0 Å². The van der Waals surface area contributed by atoms with E-state index in [2.05, 4.69) is 4.98 Å². The van der Waals surface area contributed by atoms with E-state index in [4.69, 9.17) is 5.21 Å². The van der Waals surface area contributed by atoms with E-state index in [9.17, 15) is 14.4 Å². The molecular formula is C24H25N3O4. The summed E-state index contributed by atoms with van der Waals surface area (Å²) in [6.45, 7) is 3.57. The van der Waals surface area contributed by atoms with Gasteiger partial charge >= 0.3 is 0 Å². The molecule has 0 radical (unpaired) electrons. The molecule has 0 spiro atoms. The summed E-state index contributed by atoms with van der Waals surface area (Å²) in [6, 6.07) is 16.8. The Morgan fingerprint density at radius 1 is 1.06 bits per heavy atom. The molecule has 1 heterocycles. The number of carbonyl (C=O) groups excluding carboxylic acids is 2. The molecule has 0 aliphatic heterocycles. The summed E-state index contributed by atoms with van der Waals surface area (Å²) < 4.78 is 1.30. The van der Waals surface area contributed by atoms with Gasteiger partial charge in [0.2, 0.25) is 0 Å². The molecule has 0 saturated carbocycles. The third-order valence-electron chi connectivity index (χ3n) is 5.09. The van der Waals surface area contributed by atoms with Crippen LogP contribution in [-0.2, 0) is 16.0 Å². The number of hydrogen-bond acceptors (Lipinski definition) is 5. The Balaban J connectivity index is 2.10. The molecular weight excluding hydrogens is 394 g/mol. The lowest BCUT2D eigenvalue weighted by Gasteiger charge is -2.22. The molecule has 0 aliphatic rings. The minimum Gasteiger partial charge on any atom is -0.303 e. The first kappa shape index (κ1) is 22.1. The molecule has 1 amide bonds. The second kappa shape index (κ2) is 9.95. The van der Waals surface area contributed by atoms with Crippen molar-refractivity contribution < 1.29 is 14.8 Å². The smallest absolute Gasteiger partial charge is 0.273 e. The number of aryl methyl sites for hydroxylation is 1. The number of nitrogens with zero attached hydrogens (tertiary/aromatic N) is 2. The number of amides is 1. The highest BCUT2D eigenvalue weighted by Crippen LogP contribution is 2.25. The lowest BCUT2D eigenvalue weighted by Crippen LogP contribution is -2.40. The summed E-state index contributed by atoms with van der Waals surface area (Å²) in [6.07, 6.45) is 2.58. The van der Waals surface area contributed by atoms with Gasteiger partial charge in [-0.25, -0.2) is 10.5 Å². The first-order chi connectivity index (χ1) is 15.0. The molecule has 160 valence electrons. The van der Waals surface area contributed by atoms with Gasteiger partial charge in [0.25, 0.3) is 11.5 Å². The van der Waals surface area contributed by atoms with Crippen molar-refractivity contribution >= 4 is 12.2 Å². The van der Waals surface area contributed by atoms with Crippen LogP contribution in [0.5, 0.6) is 0 Å². The van der Waals surface area contributed by atoms with Crippen LogP contribution in [0.3, 0.4) is 0 Å². The second-order valence-corrected chi connectivity index (χ2v) is 7.60. The number of rotatable bonds is 8. The van der Waals surface area contributed by atoms with Crippen molar-refractivity contribution in [1.82, 2.24) is 15.0 Å². The molecule has 1 unspecified atom stereocenters. The van der Waals surface area contributed by atoms with E-state index < -0.39 is 17.5 Å². The van der Waals surface area contributed by atoms with Gasteiger partial charge in [0.05, 0.1) is 5.69 Å². The maximum atomic E-state index is 13.0. The fraction of sp³-hybridized carbons (Fsp3) is 0.250. The van der Waals surface area contributed by atoms with Gasteiger partial charge in [0.1, 0.15) is 18.0 Å². The van der Waals surface area contributed by atoms with E-state index in [0.717, 1.165) is 23.0 Å². The maximum Gasteiger partial charge on any atom is 0.273 e. The Bertz CT molecular complexity index is 1110. The summed E-state index contributed by atoms with van der Waals surface area (Å²) >= 11 is 0. The molecule has 0 fully saturated rings. The highest BCUT2D eigenvalue weighted by atomic mass is 16.5. The van der Waals surface area contributed by atoms with Crippen LogP contribution in [0.15, 0.2) is 65.6 Å². The Morgan fingerprint density at radius 3 is 2.26 bits per heavy atom. The number of benzene rings is 2. The van der Waals surface area contributed by atoms with Crippen LogP contribution in [0.1, 0.15) is 32.0 Å². The molecule has 3 aromatic rings. The van der Waals surface area contributed by atoms with Crippen LogP contribution in [0.25, 0.3) is 22.4 Å². The van der Waals surface area contributed by atoms with Gasteiger partial charge in [-0.2, -0.15) is 0 Å². The quantitative estimate of drug-likeness (QED) is 0.331. The molecule has 1 aromatic heterocycles. The summed E-state index contributed by atoms with van der Waals surface area (Å²) in [4.78, 5) is 40.6. The lowest BCUT2D eigenvalue weighted by atomic mass is 10.0. The Labute approximate surface area is 180 Å². The summed E-state index contributed by atoms with van der Waals surface area (Å²) in [5, 5.41) is 9.17. The van der Waals surface area contributed by atoms with Gasteiger partial charge in [-0.1, -0.05) is 68.4 Å². The number of hydrogen-bond donors (Lipinski definition) is 2. The number of carbonyl (C=O) groups is 2. The van der Waals surface area contributed by atoms with Crippen LogP contribution in [0.2, 0.25) is 0 Å². The highest BCUT2D eigenvalue weighted by molar-refractivity contribution is 5.79. The summed E-state index contributed by atoms with van der Waals surface area (Å²) in [5.74, 6) is -0.950.